The summed E-state index contributed by atoms with van der Waals surface area (Å²) in [6, 6.07) is 4.97. The Labute approximate surface area is 111 Å². The maximum absolute atomic E-state index is 13.6. The molecule has 6 heteroatoms. The summed E-state index contributed by atoms with van der Waals surface area (Å²) in [5.41, 5.74) is 1.71. The van der Waals surface area contributed by atoms with Crippen molar-refractivity contribution in [2.24, 2.45) is 7.05 Å². The van der Waals surface area contributed by atoms with Crippen LogP contribution in [0, 0.1) is 5.82 Å². The monoisotopic (exact) mass is 264 g/mol. The van der Waals surface area contributed by atoms with Gasteiger partial charge in [0, 0.05) is 25.8 Å². The summed E-state index contributed by atoms with van der Waals surface area (Å²) >= 11 is 0. The zero-order valence-corrected chi connectivity index (χ0v) is 11.2. The van der Waals surface area contributed by atoms with E-state index in [1.54, 1.807) is 10.7 Å². The minimum Gasteiger partial charge on any atom is -0.494 e. The Hall–Kier alpha value is -1.95. The molecule has 0 spiro atoms. The average Bonchev–Trinajstić information content (AvgIpc) is 2.81. The minimum atomic E-state index is -0.354. The normalized spacial score (nSPS) is 12.4. The lowest BCUT2D eigenvalue weighted by Crippen LogP contribution is -2.18. The Kier molecular flexibility index (Phi) is 4.11. The van der Waals surface area contributed by atoms with Crippen LogP contribution in [0.25, 0.3) is 0 Å². The van der Waals surface area contributed by atoms with Crippen LogP contribution < -0.4 is 10.1 Å². The molecule has 1 heterocycles. The number of ether oxygens (including phenoxy) is 1. The Morgan fingerprint density at radius 1 is 1.47 bits per heavy atom. The molecule has 2 aromatic rings. The maximum atomic E-state index is 13.6. The van der Waals surface area contributed by atoms with Crippen LogP contribution in [0.5, 0.6) is 5.75 Å². The SMILES string of the molecule is COc1ccc(C(C)NCc2cn(C)nn2)cc1F. The van der Waals surface area contributed by atoms with Crippen LogP contribution in [0.2, 0.25) is 0 Å². The molecule has 0 saturated heterocycles. The summed E-state index contributed by atoms with van der Waals surface area (Å²) in [4.78, 5) is 0. The van der Waals surface area contributed by atoms with Crippen molar-refractivity contribution in [3.63, 3.8) is 0 Å². The molecule has 0 aliphatic carbocycles. The van der Waals surface area contributed by atoms with Crippen LogP contribution in [0.15, 0.2) is 24.4 Å². The summed E-state index contributed by atoms with van der Waals surface area (Å²) < 4.78 is 20.1. The highest BCUT2D eigenvalue weighted by atomic mass is 19.1. The predicted molar refractivity (Wildman–Crippen MR) is 69.2 cm³/mol. The lowest BCUT2D eigenvalue weighted by atomic mass is 10.1. The van der Waals surface area contributed by atoms with Gasteiger partial charge in [0.05, 0.1) is 12.8 Å². The molecule has 5 nitrogen and oxygen atoms in total. The van der Waals surface area contributed by atoms with Crippen LogP contribution in [0.4, 0.5) is 4.39 Å². The Morgan fingerprint density at radius 3 is 2.84 bits per heavy atom. The van der Waals surface area contributed by atoms with Crippen molar-refractivity contribution < 1.29 is 9.13 Å². The quantitative estimate of drug-likeness (QED) is 0.895. The van der Waals surface area contributed by atoms with E-state index in [0.29, 0.717) is 6.54 Å². The number of aryl methyl sites for hydroxylation is 1. The van der Waals surface area contributed by atoms with Gasteiger partial charge in [-0.25, -0.2) is 4.39 Å². The molecule has 1 aromatic heterocycles. The Bertz CT molecular complexity index is 555. The molecule has 0 fully saturated rings. The Morgan fingerprint density at radius 2 is 2.26 bits per heavy atom. The molecule has 2 rings (SSSR count). The van der Waals surface area contributed by atoms with E-state index in [1.807, 2.05) is 26.2 Å². The van der Waals surface area contributed by atoms with Gasteiger partial charge < -0.3 is 10.1 Å². The summed E-state index contributed by atoms with van der Waals surface area (Å²) in [5, 5.41) is 11.1. The highest BCUT2D eigenvalue weighted by Crippen LogP contribution is 2.21. The van der Waals surface area contributed by atoms with Crippen molar-refractivity contribution in [2.45, 2.75) is 19.5 Å². The van der Waals surface area contributed by atoms with Gasteiger partial charge in [0.1, 0.15) is 0 Å². The van der Waals surface area contributed by atoms with Crippen LogP contribution in [0.3, 0.4) is 0 Å². The summed E-state index contributed by atoms with van der Waals surface area (Å²) in [7, 11) is 3.27. The molecule has 1 aromatic carbocycles. The van der Waals surface area contributed by atoms with Gasteiger partial charge in [-0.1, -0.05) is 11.3 Å². The van der Waals surface area contributed by atoms with E-state index >= 15 is 0 Å². The second-order valence-corrected chi connectivity index (χ2v) is 4.38. The highest BCUT2D eigenvalue weighted by molar-refractivity contribution is 5.30. The van der Waals surface area contributed by atoms with Gasteiger partial charge >= 0.3 is 0 Å². The van der Waals surface area contributed by atoms with Gasteiger partial charge in [0.15, 0.2) is 11.6 Å². The number of benzene rings is 1. The van der Waals surface area contributed by atoms with Gasteiger partial charge in [0.2, 0.25) is 0 Å². The number of halogens is 1. The number of hydrogen-bond acceptors (Lipinski definition) is 4. The van der Waals surface area contributed by atoms with Gasteiger partial charge in [-0.15, -0.1) is 5.10 Å². The first-order chi connectivity index (χ1) is 9.10. The third-order valence-electron chi connectivity index (χ3n) is 2.92. The van der Waals surface area contributed by atoms with Crippen molar-refractivity contribution in [3.8, 4) is 5.75 Å². The second kappa shape index (κ2) is 5.79. The van der Waals surface area contributed by atoms with E-state index in [9.17, 15) is 4.39 Å². The number of aromatic nitrogens is 3. The van der Waals surface area contributed by atoms with Gasteiger partial charge in [-0.3, -0.25) is 4.68 Å². The number of hydrogen-bond donors (Lipinski definition) is 1. The van der Waals surface area contributed by atoms with Crippen molar-refractivity contribution in [1.82, 2.24) is 20.3 Å². The lowest BCUT2D eigenvalue weighted by molar-refractivity contribution is 0.385. The van der Waals surface area contributed by atoms with Crippen molar-refractivity contribution in [2.75, 3.05) is 7.11 Å². The van der Waals surface area contributed by atoms with Gasteiger partial charge in [0.25, 0.3) is 0 Å². The first kappa shape index (κ1) is 13.5. The predicted octanol–water partition coefficient (Wildman–Crippen LogP) is 1.81. The molecule has 0 saturated carbocycles. The molecule has 0 radical (unpaired) electrons. The molecule has 1 unspecified atom stereocenters. The lowest BCUT2D eigenvalue weighted by Gasteiger charge is -2.14. The van der Waals surface area contributed by atoms with Crippen LogP contribution in [-0.4, -0.2) is 22.1 Å². The highest BCUT2D eigenvalue weighted by Gasteiger charge is 2.10. The number of rotatable bonds is 5. The topological polar surface area (TPSA) is 52.0 Å². The fourth-order valence-electron chi connectivity index (χ4n) is 1.80. The molecule has 19 heavy (non-hydrogen) atoms. The molecule has 0 aliphatic rings. The first-order valence-corrected chi connectivity index (χ1v) is 6.02. The van der Waals surface area contributed by atoms with Gasteiger partial charge in [-0.2, -0.15) is 0 Å². The number of methoxy groups -OCH3 is 1. The van der Waals surface area contributed by atoms with Crippen molar-refractivity contribution >= 4 is 0 Å². The molecule has 0 amide bonds. The molecule has 1 atom stereocenters. The number of nitrogens with zero attached hydrogens (tertiary/aromatic N) is 3. The number of nitrogens with one attached hydrogen (secondary N) is 1. The fourth-order valence-corrected chi connectivity index (χ4v) is 1.80. The molecule has 1 N–H and O–H groups in total. The van der Waals surface area contributed by atoms with Gasteiger partial charge in [-0.05, 0) is 24.6 Å². The van der Waals surface area contributed by atoms with E-state index in [0.717, 1.165) is 11.3 Å². The third-order valence-corrected chi connectivity index (χ3v) is 2.92. The first-order valence-electron chi connectivity index (χ1n) is 6.02. The molecule has 0 aliphatic heterocycles. The zero-order valence-electron chi connectivity index (χ0n) is 11.2. The fraction of sp³-hybridized carbons (Fsp3) is 0.385. The van der Waals surface area contributed by atoms with Crippen molar-refractivity contribution in [1.29, 1.82) is 0 Å². The summed E-state index contributed by atoms with van der Waals surface area (Å²) in [6.45, 7) is 2.56. The van der Waals surface area contributed by atoms with E-state index < -0.39 is 0 Å². The minimum absolute atomic E-state index is 0.0161. The van der Waals surface area contributed by atoms with Crippen LogP contribution in [-0.2, 0) is 13.6 Å². The molecule has 102 valence electrons. The average molecular weight is 264 g/mol. The van der Waals surface area contributed by atoms with Crippen LogP contribution >= 0.6 is 0 Å². The summed E-state index contributed by atoms with van der Waals surface area (Å²) in [5.74, 6) is -0.0990. The largest absolute Gasteiger partial charge is 0.494 e. The van der Waals surface area contributed by atoms with E-state index in [2.05, 4.69) is 15.6 Å². The molecule has 0 bridgehead atoms. The summed E-state index contributed by atoms with van der Waals surface area (Å²) in [6.07, 6.45) is 1.84. The van der Waals surface area contributed by atoms with Crippen molar-refractivity contribution in [3.05, 3.63) is 41.5 Å². The second-order valence-electron chi connectivity index (χ2n) is 4.38. The molecular formula is C13H17FN4O. The van der Waals surface area contributed by atoms with E-state index in [4.69, 9.17) is 4.74 Å². The third kappa shape index (κ3) is 3.29. The van der Waals surface area contributed by atoms with E-state index in [-0.39, 0.29) is 17.6 Å². The maximum Gasteiger partial charge on any atom is 0.165 e. The Balaban J connectivity index is 1.99. The van der Waals surface area contributed by atoms with Crippen LogP contribution in [0.1, 0.15) is 24.2 Å². The zero-order chi connectivity index (χ0) is 13.8. The molecular weight excluding hydrogens is 247 g/mol. The standard InChI is InChI=1S/C13H17FN4O/c1-9(15-7-11-8-18(2)17-16-11)10-4-5-13(19-3)12(14)6-10/h4-6,8-9,15H,7H2,1-3H3. The van der Waals surface area contributed by atoms with E-state index in [1.165, 1.54) is 13.2 Å². The smallest absolute Gasteiger partial charge is 0.165 e.